The summed E-state index contributed by atoms with van der Waals surface area (Å²) in [7, 11) is 0. The van der Waals surface area contributed by atoms with Crippen molar-refractivity contribution in [2.24, 2.45) is 0 Å². The average Bonchev–Trinajstić information content (AvgIpc) is 2.71. The number of hydrogen-bond acceptors (Lipinski definition) is 4. The maximum absolute atomic E-state index is 8.99. The monoisotopic (exact) mass is 213 g/mol. The fraction of sp³-hybridized carbons (Fsp3) is 0.600. The maximum Gasteiger partial charge on any atom is 0.0933 e. The summed E-state index contributed by atoms with van der Waals surface area (Å²) in [5, 5.41) is 13.3. The Labute approximate surface area is 87.9 Å². The number of ether oxygens (including phenoxy) is 1. The van der Waals surface area contributed by atoms with Crippen molar-refractivity contribution >= 4 is 11.3 Å². The molecule has 0 amide bonds. The molecule has 14 heavy (non-hydrogen) atoms. The minimum atomic E-state index is 0.00221. The predicted molar refractivity (Wildman–Crippen MR) is 56.4 cm³/mol. The second-order valence-corrected chi connectivity index (χ2v) is 4.32. The molecule has 1 N–H and O–H groups in total. The Kier molecular flexibility index (Phi) is 3.53. The number of nitrogens with zero attached hydrogens (tertiary/aromatic N) is 1. The molecule has 1 fully saturated rings. The molecule has 1 aromatic rings. The highest BCUT2D eigenvalue weighted by atomic mass is 32.1. The van der Waals surface area contributed by atoms with E-state index in [1.807, 2.05) is 0 Å². The predicted octanol–water partition coefficient (Wildman–Crippen LogP) is 0.941. The van der Waals surface area contributed by atoms with Crippen LogP contribution in [0.15, 0.2) is 16.8 Å². The molecule has 0 bridgehead atoms. The van der Waals surface area contributed by atoms with Crippen LogP contribution >= 0.6 is 11.3 Å². The van der Waals surface area contributed by atoms with E-state index in [-0.39, 0.29) is 12.7 Å². The van der Waals surface area contributed by atoms with Gasteiger partial charge in [-0.25, -0.2) is 0 Å². The molecule has 1 aliphatic rings. The number of aliphatic hydroxyl groups excluding tert-OH is 1. The summed E-state index contributed by atoms with van der Waals surface area (Å²) in [5.74, 6) is 0. The Balaban J connectivity index is 1.86. The van der Waals surface area contributed by atoms with Crippen LogP contribution in [0.1, 0.15) is 5.56 Å². The van der Waals surface area contributed by atoms with E-state index in [4.69, 9.17) is 9.84 Å². The SMILES string of the molecule is OCC1CN(Cc2ccsc2)CCO1. The van der Waals surface area contributed by atoms with Crippen LogP contribution in [0.3, 0.4) is 0 Å². The van der Waals surface area contributed by atoms with Gasteiger partial charge in [-0.2, -0.15) is 11.3 Å². The molecule has 1 atom stereocenters. The second kappa shape index (κ2) is 4.89. The van der Waals surface area contributed by atoms with Crippen LogP contribution in [0.4, 0.5) is 0 Å². The largest absolute Gasteiger partial charge is 0.394 e. The summed E-state index contributed by atoms with van der Waals surface area (Å²) in [6.45, 7) is 3.64. The molecule has 0 radical (unpaired) electrons. The second-order valence-electron chi connectivity index (χ2n) is 3.54. The number of hydrogen-bond donors (Lipinski definition) is 1. The molecule has 0 aliphatic carbocycles. The molecule has 0 aromatic carbocycles. The highest BCUT2D eigenvalue weighted by molar-refractivity contribution is 7.07. The fourth-order valence-electron chi connectivity index (χ4n) is 1.68. The highest BCUT2D eigenvalue weighted by Crippen LogP contribution is 2.12. The number of rotatable bonds is 3. The Morgan fingerprint density at radius 1 is 1.64 bits per heavy atom. The summed E-state index contributed by atoms with van der Waals surface area (Å²) in [6.07, 6.45) is 0.00221. The van der Waals surface area contributed by atoms with E-state index in [2.05, 4.69) is 21.7 Å². The van der Waals surface area contributed by atoms with Crippen molar-refractivity contribution in [1.82, 2.24) is 4.90 Å². The molecule has 78 valence electrons. The Hall–Kier alpha value is -0.420. The summed E-state index contributed by atoms with van der Waals surface area (Å²) in [4.78, 5) is 2.33. The first-order valence-corrected chi connectivity index (χ1v) is 5.78. The van der Waals surface area contributed by atoms with Gasteiger partial charge in [0.25, 0.3) is 0 Å². The molecular formula is C10H15NO2S. The van der Waals surface area contributed by atoms with E-state index >= 15 is 0 Å². The molecule has 3 nitrogen and oxygen atoms in total. The standard InChI is InChI=1S/C10H15NO2S/c12-7-10-6-11(2-3-13-10)5-9-1-4-14-8-9/h1,4,8,10,12H,2-3,5-7H2. The quantitative estimate of drug-likeness (QED) is 0.811. The van der Waals surface area contributed by atoms with Crippen molar-refractivity contribution in [1.29, 1.82) is 0 Å². The Morgan fingerprint density at radius 2 is 2.57 bits per heavy atom. The fourth-order valence-corrected chi connectivity index (χ4v) is 2.34. The first kappa shape index (κ1) is 10.1. The van der Waals surface area contributed by atoms with Crippen LogP contribution in [-0.2, 0) is 11.3 Å². The van der Waals surface area contributed by atoms with Crippen LogP contribution in [0.5, 0.6) is 0 Å². The van der Waals surface area contributed by atoms with Crippen molar-refractivity contribution in [2.75, 3.05) is 26.3 Å². The van der Waals surface area contributed by atoms with Crippen molar-refractivity contribution < 1.29 is 9.84 Å². The number of thiophene rings is 1. The average molecular weight is 213 g/mol. The summed E-state index contributed by atoms with van der Waals surface area (Å²) < 4.78 is 5.39. The van der Waals surface area contributed by atoms with Gasteiger partial charge in [-0.05, 0) is 22.4 Å². The van der Waals surface area contributed by atoms with E-state index in [0.717, 1.165) is 26.2 Å². The molecule has 0 saturated carbocycles. The normalized spacial score (nSPS) is 23.9. The summed E-state index contributed by atoms with van der Waals surface area (Å²) >= 11 is 1.73. The van der Waals surface area contributed by atoms with Gasteiger partial charge in [-0.3, -0.25) is 4.90 Å². The van der Waals surface area contributed by atoms with E-state index in [1.165, 1.54) is 5.56 Å². The third kappa shape index (κ3) is 2.54. The van der Waals surface area contributed by atoms with Crippen molar-refractivity contribution in [3.63, 3.8) is 0 Å². The zero-order valence-electron chi connectivity index (χ0n) is 8.06. The highest BCUT2D eigenvalue weighted by Gasteiger charge is 2.19. The van der Waals surface area contributed by atoms with Gasteiger partial charge in [0.05, 0.1) is 19.3 Å². The lowest BCUT2D eigenvalue weighted by molar-refractivity contribution is -0.0550. The molecular weight excluding hydrogens is 198 g/mol. The minimum Gasteiger partial charge on any atom is -0.394 e. The lowest BCUT2D eigenvalue weighted by atomic mass is 10.2. The summed E-state index contributed by atoms with van der Waals surface area (Å²) in [5.41, 5.74) is 1.36. The zero-order chi connectivity index (χ0) is 9.80. The Morgan fingerprint density at radius 3 is 3.29 bits per heavy atom. The van der Waals surface area contributed by atoms with Crippen LogP contribution in [0.2, 0.25) is 0 Å². The number of aliphatic hydroxyl groups is 1. The van der Waals surface area contributed by atoms with Gasteiger partial charge in [0.2, 0.25) is 0 Å². The van der Waals surface area contributed by atoms with Crippen LogP contribution in [0, 0.1) is 0 Å². The minimum absolute atomic E-state index is 0.00221. The van der Waals surface area contributed by atoms with Crippen LogP contribution in [0.25, 0.3) is 0 Å². The van der Waals surface area contributed by atoms with Gasteiger partial charge in [0.1, 0.15) is 0 Å². The van der Waals surface area contributed by atoms with Gasteiger partial charge < -0.3 is 9.84 Å². The molecule has 2 heterocycles. The molecule has 2 rings (SSSR count). The first-order valence-electron chi connectivity index (χ1n) is 4.84. The van der Waals surface area contributed by atoms with Crippen LogP contribution in [-0.4, -0.2) is 42.4 Å². The molecule has 4 heteroatoms. The van der Waals surface area contributed by atoms with E-state index < -0.39 is 0 Å². The zero-order valence-corrected chi connectivity index (χ0v) is 8.87. The molecule has 0 spiro atoms. The third-order valence-corrected chi connectivity index (χ3v) is 3.14. The molecule has 1 unspecified atom stereocenters. The number of morpholine rings is 1. The van der Waals surface area contributed by atoms with Gasteiger partial charge in [0, 0.05) is 19.6 Å². The third-order valence-electron chi connectivity index (χ3n) is 2.41. The molecule has 1 aromatic heterocycles. The first-order chi connectivity index (χ1) is 6.88. The molecule has 1 aliphatic heterocycles. The maximum atomic E-state index is 8.99. The molecule has 1 saturated heterocycles. The van der Waals surface area contributed by atoms with Gasteiger partial charge in [-0.1, -0.05) is 0 Å². The van der Waals surface area contributed by atoms with Crippen molar-refractivity contribution in [3.05, 3.63) is 22.4 Å². The van der Waals surface area contributed by atoms with E-state index in [9.17, 15) is 0 Å². The smallest absolute Gasteiger partial charge is 0.0933 e. The topological polar surface area (TPSA) is 32.7 Å². The van der Waals surface area contributed by atoms with Crippen LogP contribution < -0.4 is 0 Å². The van der Waals surface area contributed by atoms with Crippen molar-refractivity contribution in [3.8, 4) is 0 Å². The van der Waals surface area contributed by atoms with Gasteiger partial charge >= 0.3 is 0 Å². The van der Waals surface area contributed by atoms with Crippen molar-refractivity contribution in [2.45, 2.75) is 12.6 Å². The van der Waals surface area contributed by atoms with Gasteiger partial charge in [-0.15, -0.1) is 0 Å². The van der Waals surface area contributed by atoms with E-state index in [0.29, 0.717) is 0 Å². The van der Waals surface area contributed by atoms with Gasteiger partial charge in [0.15, 0.2) is 0 Å². The summed E-state index contributed by atoms with van der Waals surface area (Å²) in [6, 6.07) is 2.15. The lowest BCUT2D eigenvalue weighted by Gasteiger charge is -2.31. The Bertz CT molecular complexity index is 263. The lowest BCUT2D eigenvalue weighted by Crippen LogP contribution is -2.43. The van der Waals surface area contributed by atoms with E-state index in [1.54, 1.807) is 11.3 Å².